The first-order valence-electron chi connectivity index (χ1n) is 8.13. The Kier molecular flexibility index (Phi) is 3.16. The zero-order chi connectivity index (χ0) is 14.4. The van der Waals surface area contributed by atoms with Crippen molar-refractivity contribution in [3.05, 3.63) is 29.8 Å². The Balaban J connectivity index is 1.50. The van der Waals surface area contributed by atoms with Gasteiger partial charge in [0.05, 0.1) is 0 Å². The van der Waals surface area contributed by atoms with Crippen LogP contribution in [0.2, 0.25) is 0 Å². The molecular weight excluding hydrogens is 264 g/mol. The van der Waals surface area contributed by atoms with Crippen molar-refractivity contribution in [2.24, 2.45) is 23.7 Å². The highest BCUT2D eigenvalue weighted by molar-refractivity contribution is 5.68. The smallest absolute Gasteiger partial charge is 0.341 e. The van der Waals surface area contributed by atoms with E-state index in [1.165, 1.54) is 37.7 Å². The van der Waals surface area contributed by atoms with Gasteiger partial charge in [-0.15, -0.1) is 0 Å². The molecule has 3 heteroatoms. The minimum atomic E-state index is -0.930. The van der Waals surface area contributed by atoms with Gasteiger partial charge in [0.1, 0.15) is 5.75 Å². The number of hydrogen-bond donors (Lipinski definition) is 1. The zero-order valence-corrected chi connectivity index (χ0v) is 12.2. The van der Waals surface area contributed by atoms with E-state index < -0.39 is 5.97 Å². The van der Waals surface area contributed by atoms with Gasteiger partial charge in [0.2, 0.25) is 0 Å². The molecule has 1 N–H and O–H groups in total. The van der Waals surface area contributed by atoms with E-state index in [1.807, 2.05) is 12.1 Å². The molecule has 0 aromatic heterocycles. The Hall–Kier alpha value is -1.51. The molecule has 4 bridgehead atoms. The standard InChI is InChI=1S/C18H22O3/c19-17(20)10-21-16-3-1-13(2-4-16)18-14-6-11-5-12(8-14)9-15(18)7-11/h1-4,11-12,14-15,18H,5-10H2,(H,19,20). The molecule has 4 fully saturated rings. The second-order valence-electron chi connectivity index (χ2n) is 7.21. The van der Waals surface area contributed by atoms with E-state index in [4.69, 9.17) is 9.84 Å². The molecule has 4 aliphatic rings. The van der Waals surface area contributed by atoms with Gasteiger partial charge in [0.25, 0.3) is 0 Å². The van der Waals surface area contributed by atoms with Crippen LogP contribution >= 0.6 is 0 Å². The highest BCUT2D eigenvalue weighted by atomic mass is 16.5. The largest absolute Gasteiger partial charge is 0.482 e. The van der Waals surface area contributed by atoms with E-state index in [2.05, 4.69) is 12.1 Å². The summed E-state index contributed by atoms with van der Waals surface area (Å²) in [6.45, 7) is -0.266. The maximum Gasteiger partial charge on any atom is 0.341 e. The van der Waals surface area contributed by atoms with Crippen LogP contribution in [0, 0.1) is 23.7 Å². The van der Waals surface area contributed by atoms with Crippen molar-refractivity contribution >= 4 is 5.97 Å². The van der Waals surface area contributed by atoms with Crippen molar-refractivity contribution in [3.8, 4) is 5.75 Å². The molecule has 3 nitrogen and oxygen atoms in total. The third kappa shape index (κ3) is 2.43. The second kappa shape index (κ2) is 5.04. The van der Waals surface area contributed by atoms with E-state index >= 15 is 0 Å². The number of rotatable bonds is 4. The molecule has 0 radical (unpaired) electrons. The van der Waals surface area contributed by atoms with Crippen LogP contribution < -0.4 is 4.74 Å². The van der Waals surface area contributed by atoms with Crippen molar-refractivity contribution in [1.82, 2.24) is 0 Å². The first-order chi connectivity index (χ1) is 10.2. The lowest BCUT2D eigenvalue weighted by Crippen LogP contribution is -2.43. The molecule has 4 saturated carbocycles. The van der Waals surface area contributed by atoms with Gasteiger partial charge in [-0.2, -0.15) is 0 Å². The minimum Gasteiger partial charge on any atom is -0.482 e. The molecule has 1 aromatic rings. The van der Waals surface area contributed by atoms with Crippen LogP contribution in [-0.2, 0) is 4.79 Å². The van der Waals surface area contributed by atoms with Crippen LogP contribution in [-0.4, -0.2) is 17.7 Å². The predicted octanol–water partition coefficient (Wildman–Crippen LogP) is 3.69. The number of carboxylic acid groups (broad SMARTS) is 1. The molecule has 112 valence electrons. The van der Waals surface area contributed by atoms with Gasteiger partial charge in [-0.25, -0.2) is 4.79 Å². The SMILES string of the molecule is O=C(O)COc1ccc(C2C3CC4CC(C3)CC2C4)cc1. The first kappa shape index (κ1) is 13.2. The molecule has 4 aliphatic carbocycles. The summed E-state index contributed by atoms with van der Waals surface area (Å²) in [6, 6.07) is 8.18. The first-order valence-corrected chi connectivity index (χ1v) is 8.13. The number of carbonyl (C=O) groups is 1. The highest BCUT2D eigenvalue weighted by Crippen LogP contribution is 2.59. The lowest BCUT2D eigenvalue weighted by Gasteiger charge is -2.54. The summed E-state index contributed by atoms with van der Waals surface area (Å²) in [6.07, 6.45) is 7.19. The van der Waals surface area contributed by atoms with E-state index in [0.29, 0.717) is 5.75 Å². The molecule has 0 amide bonds. The van der Waals surface area contributed by atoms with Crippen LogP contribution in [0.15, 0.2) is 24.3 Å². The molecule has 0 atom stereocenters. The fourth-order valence-corrected chi connectivity index (χ4v) is 5.40. The summed E-state index contributed by atoms with van der Waals surface area (Å²) in [5.41, 5.74) is 1.44. The van der Waals surface area contributed by atoms with Gasteiger partial charge < -0.3 is 9.84 Å². The summed E-state index contributed by atoms with van der Waals surface area (Å²) in [7, 11) is 0. The maximum atomic E-state index is 10.5. The van der Waals surface area contributed by atoms with Crippen LogP contribution in [0.4, 0.5) is 0 Å². The van der Waals surface area contributed by atoms with Gasteiger partial charge in [0, 0.05) is 0 Å². The molecule has 0 unspecified atom stereocenters. The van der Waals surface area contributed by atoms with Crippen molar-refractivity contribution in [1.29, 1.82) is 0 Å². The molecule has 21 heavy (non-hydrogen) atoms. The average molecular weight is 286 g/mol. The van der Waals surface area contributed by atoms with E-state index in [0.717, 1.165) is 29.6 Å². The van der Waals surface area contributed by atoms with Gasteiger partial charge in [0.15, 0.2) is 6.61 Å². The van der Waals surface area contributed by atoms with Crippen molar-refractivity contribution in [3.63, 3.8) is 0 Å². The Bertz CT molecular complexity index is 506. The Morgan fingerprint density at radius 3 is 2.10 bits per heavy atom. The van der Waals surface area contributed by atoms with E-state index in [-0.39, 0.29) is 6.61 Å². The van der Waals surface area contributed by atoms with Gasteiger partial charge in [-0.3, -0.25) is 0 Å². The van der Waals surface area contributed by atoms with Crippen molar-refractivity contribution < 1.29 is 14.6 Å². The third-order valence-electron chi connectivity index (χ3n) is 5.85. The maximum absolute atomic E-state index is 10.5. The average Bonchev–Trinajstić information content (AvgIpc) is 2.45. The summed E-state index contributed by atoms with van der Waals surface area (Å²) < 4.78 is 5.23. The highest BCUT2D eigenvalue weighted by Gasteiger charge is 2.48. The van der Waals surface area contributed by atoms with Crippen LogP contribution in [0.3, 0.4) is 0 Å². The number of ether oxygens (including phenoxy) is 1. The Morgan fingerprint density at radius 2 is 1.57 bits per heavy atom. The summed E-state index contributed by atoms with van der Waals surface area (Å²) in [5.74, 6) is 4.22. The second-order valence-corrected chi connectivity index (χ2v) is 7.21. The predicted molar refractivity (Wildman–Crippen MR) is 79.4 cm³/mol. The number of hydrogen-bond acceptors (Lipinski definition) is 2. The third-order valence-corrected chi connectivity index (χ3v) is 5.85. The summed E-state index contributed by atoms with van der Waals surface area (Å²) >= 11 is 0. The zero-order valence-electron chi connectivity index (χ0n) is 12.2. The van der Waals surface area contributed by atoms with E-state index in [9.17, 15) is 4.79 Å². The number of benzene rings is 1. The van der Waals surface area contributed by atoms with Gasteiger partial charge in [-0.1, -0.05) is 12.1 Å². The van der Waals surface area contributed by atoms with Gasteiger partial charge in [-0.05, 0) is 79.4 Å². The molecule has 1 aromatic carbocycles. The molecule has 0 saturated heterocycles. The van der Waals surface area contributed by atoms with Crippen LogP contribution in [0.1, 0.15) is 43.6 Å². The van der Waals surface area contributed by atoms with Crippen LogP contribution in [0.25, 0.3) is 0 Å². The molecule has 0 spiro atoms. The Labute approximate surface area is 125 Å². The fourth-order valence-electron chi connectivity index (χ4n) is 5.40. The van der Waals surface area contributed by atoms with Crippen molar-refractivity contribution in [2.75, 3.05) is 6.61 Å². The summed E-state index contributed by atoms with van der Waals surface area (Å²) in [5, 5.41) is 8.65. The Morgan fingerprint density at radius 1 is 1.00 bits per heavy atom. The molecule has 0 heterocycles. The lowest BCUT2D eigenvalue weighted by atomic mass is 9.51. The topological polar surface area (TPSA) is 46.5 Å². The number of carboxylic acids is 1. The quantitative estimate of drug-likeness (QED) is 0.918. The van der Waals surface area contributed by atoms with Crippen LogP contribution in [0.5, 0.6) is 5.75 Å². The molecule has 5 rings (SSSR count). The lowest BCUT2D eigenvalue weighted by molar-refractivity contribution is -0.139. The molecular formula is C18H22O3. The minimum absolute atomic E-state index is 0.266. The monoisotopic (exact) mass is 286 g/mol. The summed E-state index contributed by atoms with van der Waals surface area (Å²) in [4.78, 5) is 10.5. The fraction of sp³-hybridized carbons (Fsp3) is 0.611. The normalized spacial score (nSPS) is 36.7. The van der Waals surface area contributed by atoms with E-state index in [1.54, 1.807) is 0 Å². The molecule has 0 aliphatic heterocycles. The number of aliphatic carboxylic acids is 1. The van der Waals surface area contributed by atoms with Gasteiger partial charge >= 0.3 is 5.97 Å². The van der Waals surface area contributed by atoms with Crippen molar-refractivity contribution in [2.45, 2.75) is 38.0 Å².